The van der Waals surface area contributed by atoms with Gasteiger partial charge < -0.3 is 9.88 Å². The number of rotatable bonds is 4. The summed E-state index contributed by atoms with van der Waals surface area (Å²) in [5, 5.41) is 6.55. The quantitative estimate of drug-likeness (QED) is 0.578. The third-order valence-electron chi connectivity index (χ3n) is 4.09. The Morgan fingerprint density at radius 2 is 1.79 bits per heavy atom. The van der Waals surface area contributed by atoms with Crippen LogP contribution in [0.4, 0.5) is 14.5 Å². The number of carbonyl (C=O) groups excluding carboxylic acids is 1. The number of hydrogen-bond donors (Lipinski definition) is 1. The third kappa shape index (κ3) is 3.79. The number of anilines is 1. The summed E-state index contributed by atoms with van der Waals surface area (Å²) in [7, 11) is 0. The highest BCUT2D eigenvalue weighted by atomic mass is 19.1. The summed E-state index contributed by atoms with van der Waals surface area (Å²) in [6.07, 6.45) is 4.58. The molecule has 0 saturated carbocycles. The molecule has 0 aliphatic rings. The molecular formula is C20H13F2N5O2. The molecule has 4 aromatic rings. The lowest BCUT2D eigenvalue weighted by Gasteiger charge is -2.09. The Labute approximate surface area is 162 Å². The van der Waals surface area contributed by atoms with E-state index in [0.717, 1.165) is 4.68 Å². The zero-order chi connectivity index (χ0) is 20.4. The average Bonchev–Trinajstić information content (AvgIpc) is 3.24. The number of amides is 1. The van der Waals surface area contributed by atoms with Crippen molar-refractivity contribution >= 4 is 11.6 Å². The first-order chi connectivity index (χ1) is 14.0. The van der Waals surface area contributed by atoms with E-state index in [1.54, 1.807) is 6.20 Å². The number of nitrogens with one attached hydrogen (secondary N) is 1. The number of aromatic nitrogens is 4. The molecule has 0 aliphatic heterocycles. The zero-order valence-electron chi connectivity index (χ0n) is 14.8. The van der Waals surface area contributed by atoms with Crippen LogP contribution in [0.25, 0.3) is 11.4 Å². The molecule has 1 N–H and O–H groups in total. The maximum absolute atomic E-state index is 14.3. The van der Waals surface area contributed by atoms with E-state index in [-0.39, 0.29) is 17.1 Å². The summed E-state index contributed by atoms with van der Waals surface area (Å²) < 4.78 is 29.9. The fourth-order valence-electron chi connectivity index (χ4n) is 2.69. The molecule has 9 heteroatoms. The predicted octanol–water partition coefficient (Wildman–Crippen LogP) is 2.95. The molecule has 0 saturated heterocycles. The fraction of sp³-hybridized carbons (Fsp3) is 0. The maximum Gasteiger partial charge on any atom is 0.276 e. The maximum atomic E-state index is 14.3. The van der Waals surface area contributed by atoms with Crippen LogP contribution in [0.3, 0.4) is 0 Å². The van der Waals surface area contributed by atoms with E-state index in [4.69, 9.17) is 0 Å². The molecular weight excluding hydrogens is 380 g/mol. The van der Waals surface area contributed by atoms with E-state index >= 15 is 0 Å². The number of halogens is 2. The molecule has 2 aromatic carbocycles. The van der Waals surface area contributed by atoms with Gasteiger partial charge in [-0.05, 0) is 48.5 Å². The lowest BCUT2D eigenvalue weighted by Crippen LogP contribution is -2.24. The minimum absolute atomic E-state index is 0.0620. The Hall–Kier alpha value is -4.14. The van der Waals surface area contributed by atoms with Gasteiger partial charge in [0, 0.05) is 24.1 Å². The number of nitrogens with zero attached hydrogens (tertiary/aromatic N) is 4. The molecule has 29 heavy (non-hydrogen) atoms. The second-order valence-corrected chi connectivity index (χ2v) is 6.04. The van der Waals surface area contributed by atoms with Crippen LogP contribution in [0.15, 0.2) is 78.1 Å². The van der Waals surface area contributed by atoms with E-state index in [9.17, 15) is 18.4 Å². The van der Waals surface area contributed by atoms with Gasteiger partial charge in [0.25, 0.3) is 11.5 Å². The third-order valence-corrected chi connectivity index (χ3v) is 4.09. The van der Waals surface area contributed by atoms with Crippen LogP contribution in [-0.2, 0) is 0 Å². The van der Waals surface area contributed by atoms with Crippen molar-refractivity contribution in [3.05, 3.63) is 101 Å². The summed E-state index contributed by atoms with van der Waals surface area (Å²) >= 11 is 0. The Morgan fingerprint density at radius 3 is 2.48 bits per heavy atom. The lowest BCUT2D eigenvalue weighted by atomic mass is 10.2. The standard InChI is InChI=1S/C20H13F2N5O2/c21-13-1-4-15(5-2-13)27-19(28)8-6-17(25-27)20(29)24-14-3-7-18(16(22)11-14)26-10-9-23-12-26/h1-12H,(H,24,29). The fourth-order valence-corrected chi connectivity index (χ4v) is 2.69. The van der Waals surface area contributed by atoms with Crippen LogP contribution in [0.2, 0.25) is 0 Å². The normalized spacial score (nSPS) is 10.7. The van der Waals surface area contributed by atoms with E-state index in [1.807, 2.05) is 0 Å². The van der Waals surface area contributed by atoms with Crippen LogP contribution in [0, 0.1) is 11.6 Å². The number of benzene rings is 2. The molecule has 2 heterocycles. The van der Waals surface area contributed by atoms with E-state index in [1.165, 1.54) is 71.7 Å². The Bertz CT molecular complexity index is 1230. The molecule has 4 rings (SSSR count). The Balaban J connectivity index is 1.59. The first-order valence-corrected chi connectivity index (χ1v) is 8.47. The average molecular weight is 393 g/mol. The second-order valence-electron chi connectivity index (χ2n) is 6.04. The highest BCUT2D eigenvalue weighted by Crippen LogP contribution is 2.18. The highest BCUT2D eigenvalue weighted by molar-refractivity contribution is 6.02. The minimum Gasteiger partial charge on any atom is -0.320 e. The molecule has 0 unspecified atom stereocenters. The van der Waals surface area contributed by atoms with Crippen molar-refractivity contribution in [3.8, 4) is 11.4 Å². The van der Waals surface area contributed by atoms with Gasteiger partial charge in [-0.2, -0.15) is 9.78 Å². The molecule has 1 amide bonds. The van der Waals surface area contributed by atoms with Crippen LogP contribution < -0.4 is 10.9 Å². The van der Waals surface area contributed by atoms with Crippen LogP contribution in [-0.4, -0.2) is 25.2 Å². The van der Waals surface area contributed by atoms with Gasteiger partial charge in [-0.15, -0.1) is 0 Å². The van der Waals surface area contributed by atoms with Crippen molar-refractivity contribution < 1.29 is 13.6 Å². The van der Waals surface area contributed by atoms with Gasteiger partial charge in [-0.25, -0.2) is 13.8 Å². The minimum atomic E-state index is -0.629. The summed E-state index contributed by atoms with van der Waals surface area (Å²) in [6, 6.07) is 11.7. The van der Waals surface area contributed by atoms with Crippen LogP contribution >= 0.6 is 0 Å². The molecule has 0 aliphatic carbocycles. The molecule has 7 nitrogen and oxygen atoms in total. The number of imidazole rings is 1. The molecule has 0 spiro atoms. The molecule has 2 aromatic heterocycles. The van der Waals surface area contributed by atoms with Crippen LogP contribution in [0.1, 0.15) is 10.5 Å². The lowest BCUT2D eigenvalue weighted by molar-refractivity contribution is 0.102. The van der Waals surface area contributed by atoms with Gasteiger partial charge in [0.2, 0.25) is 0 Å². The summed E-state index contributed by atoms with van der Waals surface area (Å²) in [6.45, 7) is 0. The SMILES string of the molecule is O=C(Nc1ccc(-n2ccnc2)c(F)c1)c1ccc(=O)n(-c2ccc(F)cc2)n1. The van der Waals surface area contributed by atoms with E-state index < -0.39 is 23.1 Å². The smallest absolute Gasteiger partial charge is 0.276 e. The topological polar surface area (TPSA) is 81.8 Å². The van der Waals surface area contributed by atoms with Crippen molar-refractivity contribution in [1.82, 2.24) is 19.3 Å². The number of carbonyl (C=O) groups is 1. The number of hydrogen-bond acceptors (Lipinski definition) is 4. The molecule has 0 radical (unpaired) electrons. The van der Waals surface area contributed by atoms with Gasteiger partial charge >= 0.3 is 0 Å². The molecule has 0 bridgehead atoms. The van der Waals surface area contributed by atoms with Crippen molar-refractivity contribution in [1.29, 1.82) is 0 Å². The summed E-state index contributed by atoms with van der Waals surface area (Å²) in [4.78, 5) is 28.4. The van der Waals surface area contributed by atoms with Gasteiger partial charge in [0.05, 0.1) is 17.7 Å². The Kier molecular flexibility index (Phi) is 4.70. The van der Waals surface area contributed by atoms with Gasteiger partial charge in [0.15, 0.2) is 0 Å². The van der Waals surface area contributed by atoms with E-state index in [2.05, 4.69) is 15.4 Å². The van der Waals surface area contributed by atoms with Gasteiger partial charge in [-0.1, -0.05) is 0 Å². The first-order valence-electron chi connectivity index (χ1n) is 8.47. The van der Waals surface area contributed by atoms with Crippen LogP contribution in [0.5, 0.6) is 0 Å². The van der Waals surface area contributed by atoms with Crippen molar-refractivity contribution in [2.75, 3.05) is 5.32 Å². The second kappa shape index (κ2) is 7.47. The van der Waals surface area contributed by atoms with Gasteiger partial charge in [-0.3, -0.25) is 9.59 Å². The zero-order valence-corrected chi connectivity index (χ0v) is 14.8. The summed E-state index contributed by atoms with van der Waals surface area (Å²) in [5.41, 5.74) is 0.264. The molecule has 0 atom stereocenters. The first kappa shape index (κ1) is 18.2. The van der Waals surface area contributed by atoms with Crippen molar-refractivity contribution in [2.24, 2.45) is 0 Å². The monoisotopic (exact) mass is 393 g/mol. The molecule has 144 valence electrons. The predicted molar refractivity (Wildman–Crippen MR) is 101 cm³/mol. The van der Waals surface area contributed by atoms with E-state index in [0.29, 0.717) is 5.69 Å². The van der Waals surface area contributed by atoms with Crippen molar-refractivity contribution in [2.45, 2.75) is 0 Å². The summed E-state index contributed by atoms with van der Waals surface area (Å²) in [5.74, 6) is -1.64. The van der Waals surface area contributed by atoms with Crippen molar-refractivity contribution in [3.63, 3.8) is 0 Å². The highest BCUT2D eigenvalue weighted by Gasteiger charge is 2.13. The largest absolute Gasteiger partial charge is 0.320 e. The molecule has 0 fully saturated rings. The van der Waals surface area contributed by atoms with Gasteiger partial charge in [0.1, 0.15) is 17.3 Å². The Morgan fingerprint density at radius 1 is 1.00 bits per heavy atom.